The maximum atomic E-state index is 13.4. The molecule has 25 heavy (non-hydrogen) atoms. The maximum Gasteiger partial charge on any atom is 0.434 e. The highest BCUT2D eigenvalue weighted by Crippen LogP contribution is 2.60. The van der Waals surface area contributed by atoms with Crippen LogP contribution in [-0.4, -0.2) is 18.8 Å². The van der Waals surface area contributed by atoms with E-state index in [2.05, 4.69) is 5.09 Å². The summed E-state index contributed by atoms with van der Waals surface area (Å²) in [5, 5.41) is 2.67. The number of hydrogen-bond acceptors (Lipinski definition) is 3. The van der Waals surface area contributed by atoms with Crippen molar-refractivity contribution in [3.05, 3.63) is 30.3 Å². The van der Waals surface area contributed by atoms with E-state index in [0.717, 1.165) is 0 Å². The van der Waals surface area contributed by atoms with Crippen LogP contribution >= 0.6 is 77.4 Å². The normalized spacial score (nSPS) is 14.5. The molecule has 1 aromatic carbocycles. The van der Waals surface area contributed by atoms with Crippen LogP contribution in [0.15, 0.2) is 30.3 Å². The largest absolute Gasteiger partial charge is 0.434 e. The fourth-order valence-corrected chi connectivity index (χ4v) is 4.06. The van der Waals surface area contributed by atoms with Crippen molar-refractivity contribution in [1.29, 1.82) is 0 Å². The Morgan fingerprint density at radius 1 is 0.800 bits per heavy atom. The van der Waals surface area contributed by atoms with Crippen molar-refractivity contribution in [2.45, 2.75) is 46.5 Å². The molecule has 1 N–H and O–H groups in total. The van der Waals surface area contributed by atoms with Crippen molar-refractivity contribution >= 4 is 83.0 Å². The van der Waals surface area contributed by atoms with Crippen molar-refractivity contribution in [3.8, 4) is 0 Å². The number of alkyl halides is 6. The van der Waals surface area contributed by atoms with E-state index in [4.69, 9.17) is 78.7 Å². The second-order valence-electron chi connectivity index (χ2n) is 6.17. The van der Waals surface area contributed by atoms with Gasteiger partial charge in [-0.3, -0.25) is 14.1 Å². The van der Waals surface area contributed by atoms with Crippen molar-refractivity contribution in [2.24, 2.45) is 0 Å². The van der Waals surface area contributed by atoms with Crippen molar-refractivity contribution in [3.63, 3.8) is 0 Å². The van der Waals surface area contributed by atoms with Gasteiger partial charge in [0.15, 0.2) is 0 Å². The lowest BCUT2D eigenvalue weighted by molar-refractivity contribution is 0.0377. The number of halogens is 6. The lowest BCUT2D eigenvalue weighted by Gasteiger charge is -2.40. The molecule has 0 aliphatic rings. The molecule has 0 spiro atoms. The second-order valence-corrected chi connectivity index (χ2v) is 12.3. The summed E-state index contributed by atoms with van der Waals surface area (Å²) in [6.45, 7) is 5.80. The molecule has 1 aromatic rings. The third-order valence-electron chi connectivity index (χ3n) is 3.10. The quantitative estimate of drug-likeness (QED) is 0.330. The first-order valence-corrected chi connectivity index (χ1v) is 10.8. The Labute approximate surface area is 177 Å². The average molecular weight is 492 g/mol. The van der Waals surface area contributed by atoms with Crippen LogP contribution in [-0.2, 0) is 13.6 Å². The van der Waals surface area contributed by atoms with Gasteiger partial charge in [0.2, 0.25) is 7.59 Å². The van der Waals surface area contributed by atoms with E-state index >= 15 is 0 Å². The summed E-state index contributed by atoms with van der Waals surface area (Å²) in [6, 6.07) is 8.56. The standard InChI is InChI=1S/C14H18Cl6NO3P/c1-11(2,13(15,16)17)23-25(22,21-10-8-6-5-7-9-10)24-12(3,4)14(18,19)20/h5-9H,1-4H3,(H,21,22). The first-order chi connectivity index (χ1) is 11.0. The Morgan fingerprint density at radius 3 is 1.48 bits per heavy atom. The van der Waals surface area contributed by atoms with E-state index in [-0.39, 0.29) is 0 Å². The smallest absolute Gasteiger partial charge is 0.293 e. The van der Waals surface area contributed by atoms with Crippen LogP contribution < -0.4 is 5.09 Å². The number of hydrogen-bond donors (Lipinski definition) is 1. The van der Waals surface area contributed by atoms with E-state index in [0.29, 0.717) is 5.69 Å². The van der Waals surface area contributed by atoms with Crippen LogP contribution in [0.5, 0.6) is 0 Å². The summed E-state index contributed by atoms with van der Waals surface area (Å²) in [5.41, 5.74) is -2.52. The molecule has 0 aliphatic heterocycles. The Morgan fingerprint density at radius 2 is 1.16 bits per heavy atom. The lowest BCUT2D eigenvalue weighted by Crippen LogP contribution is -2.43. The Bertz CT molecular complexity index is 596. The summed E-state index contributed by atoms with van der Waals surface area (Å²) < 4.78 is 20.8. The molecule has 0 aliphatic carbocycles. The van der Waals surface area contributed by atoms with Gasteiger partial charge in [-0.1, -0.05) is 87.8 Å². The summed E-state index contributed by atoms with van der Waals surface area (Å²) in [4.78, 5) is 0. The zero-order valence-corrected chi connectivity index (χ0v) is 19.3. The van der Waals surface area contributed by atoms with Gasteiger partial charge in [0.25, 0.3) is 0 Å². The van der Waals surface area contributed by atoms with Gasteiger partial charge in [-0.25, -0.2) is 4.57 Å². The molecule has 0 heterocycles. The van der Waals surface area contributed by atoms with Crippen LogP contribution in [0.2, 0.25) is 0 Å². The molecule has 0 atom stereocenters. The predicted molar refractivity (Wildman–Crippen MR) is 109 cm³/mol. The maximum absolute atomic E-state index is 13.4. The molecule has 0 unspecified atom stereocenters. The molecule has 0 fully saturated rings. The minimum atomic E-state index is -4.13. The molecule has 0 aromatic heterocycles. The predicted octanol–water partition coefficient (Wildman–Crippen LogP) is 7.54. The Kier molecular flexibility index (Phi) is 7.77. The molecule has 11 heteroatoms. The van der Waals surface area contributed by atoms with Gasteiger partial charge in [0.05, 0.1) is 0 Å². The Balaban J connectivity index is 3.25. The van der Waals surface area contributed by atoms with Crippen molar-refractivity contribution in [1.82, 2.24) is 0 Å². The summed E-state index contributed by atoms with van der Waals surface area (Å²) in [7, 11) is -4.13. The monoisotopic (exact) mass is 489 g/mol. The van der Waals surface area contributed by atoms with E-state index in [9.17, 15) is 4.57 Å². The first-order valence-electron chi connectivity index (χ1n) is 6.97. The van der Waals surface area contributed by atoms with Gasteiger partial charge in [0, 0.05) is 5.69 Å². The topological polar surface area (TPSA) is 47.6 Å². The van der Waals surface area contributed by atoms with Crippen LogP contribution in [0.3, 0.4) is 0 Å². The number of benzene rings is 1. The fraction of sp³-hybridized carbons (Fsp3) is 0.571. The Hall–Kier alpha value is 0.910. The molecule has 144 valence electrons. The fourth-order valence-electron chi connectivity index (χ4n) is 1.44. The summed E-state index contributed by atoms with van der Waals surface area (Å²) in [5.74, 6) is 0. The highest BCUT2D eigenvalue weighted by atomic mass is 35.6. The van der Waals surface area contributed by atoms with Crippen molar-refractivity contribution < 1.29 is 13.6 Å². The van der Waals surface area contributed by atoms with Crippen LogP contribution in [0.1, 0.15) is 27.7 Å². The van der Waals surface area contributed by atoms with E-state index < -0.39 is 26.5 Å². The third-order valence-corrected chi connectivity index (χ3v) is 7.76. The summed E-state index contributed by atoms with van der Waals surface area (Å²) in [6.07, 6.45) is 0. The molecular weight excluding hydrogens is 474 g/mol. The van der Waals surface area contributed by atoms with Crippen molar-refractivity contribution in [2.75, 3.05) is 5.09 Å². The van der Waals surface area contributed by atoms with Crippen LogP contribution in [0, 0.1) is 0 Å². The van der Waals surface area contributed by atoms with Gasteiger partial charge >= 0.3 is 7.75 Å². The lowest BCUT2D eigenvalue weighted by atomic mass is 10.2. The molecule has 1 rings (SSSR count). The SMILES string of the molecule is CC(C)(OP(=O)(Nc1ccccc1)OC(C)(C)C(Cl)(Cl)Cl)C(Cl)(Cl)Cl. The summed E-state index contributed by atoms with van der Waals surface area (Å²) >= 11 is 35.5. The molecule has 4 nitrogen and oxygen atoms in total. The highest BCUT2D eigenvalue weighted by Gasteiger charge is 2.52. The number of rotatable bonds is 6. The van der Waals surface area contributed by atoms with Gasteiger partial charge in [-0.2, -0.15) is 0 Å². The van der Waals surface area contributed by atoms with Gasteiger partial charge in [0.1, 0.15) is 11.2 Å². The average Bonchev–Trinajstić information content (AvgIpc) is 2.34. The van der Waals surface area contributed by atoms with Crippen LogP contribution in [0.4, 0.5) is 5.69 Å². The van der Waals surface area contributed by atoms with E-state index in [1.165, 1.54) is 27.7 Å². The van der Waals surface area contributed by atoms with Gasteiger partial charge in [-0.05, 0) is 39.8 Å². The number of nitrogens with one attached hydrogen (secondary N) is 1. The van der Waals surface area contributed by atoms with Gasteiger partial charge < -0.3 is 0 Å². The molecule has 0 radical (unpaired) electrons. The van der Waals surface area contributed by atoms with E-state index in [1.807, 2.05) is 0 Å². The molecular formula is C14H18Cl6NO3P. The van der Waals surface area contributed by atoms with E-state index in [1.54, 1.807) is 30.3 Å². The number of anilines is 1. The molecule has 0 bridgehead atoms. The molecule has 0 amide bonds. The zero-order valence-electron chi connectivity index (χ0n) is 13.8. The minimum Gasteiger partial charge on any atom is -0.293 e. The zero-order chi connectivity index (χ0) is 19.7. The van der Waals surface area contributed by atoms with Crippen LogP contribution in [0.25, 0.3) is 0 Å². The third kappa shape index (κ3) is 6.78. The second kappa shape index (κ2) is 8.11. The van der Waals surface area contributed by atoms with Gasteiger partial charge in [-0.15, -0.1) is 0 Å². The highest BCUT2D eigenvalue weighted by molar-refractivity contribution is 7.55. The molecule has 0 saturated carbocycles. The minimum absolute atomic E-state index is 0.450. The number of para-hydroxylation sites is 1. The molecule has 0 saturated heterocycles. The first kappa shape index (κ1) is 23.9.